The van der Waals surface area contributed by atoms with E-state index < -0.39 is 11.9 Å². The Kier molecular flexibility index (Phi) is 7.36. The van der Waals surface area contributed by atoms with Crippen LogP contribution in [-0.2, 0) is 12.6 Å². The number of alkyl halides is 3. The van der Waals surface area contributed by atoms with Gasteiger partial charge in [-0.15, -0.1) is 0 Å². The Balaban J connectivity index is 2.19. The van der Waals surface area contributed by atoms with Crippen molar-refractivity contribution in [2.75, 3.05) is 33.7 Å². The van der Waals surface area contributed by atoms with Crippen molar-refractivity contribution in [2.24, 2.45) is 5.73 Å². The lowest BCUT2D eigenvalue weighted by Crippen LogP contribution is -2.31. The van der Waals surface area contributed by atoms with Crippen LogP contribution >= 0.6 is 0 Å². The Labute approximate surface area is 161 Å². The summed E-state index contributed by atoms with van der Waals surface area (Å²) in [5, 5.41) is 2.76. The molecule has 1 amide bonds. The molecule has 28 heavy (non-hydrogen) atoms. The smallest absolute Gasteiger partial charge is 0.433 e. The van der Waals surface area contributed by atoms with Crippen LogP contribution in [0.25, 0.3) is 0 Å². The van der Waals surface area contributed by atoms with Crippen molar-refractivity contribution in [3.63, 3.8) is 0 Å². The second-order valence-electron chi connectivity index (χ2n) is 6.42. The number of benzene rings is 1. The largest absolute Gasteiger partial charge is 0.439 e. The van der Waals surface area contributed by atoms with Crippen LogP contribution in [0, 0.1) is 0 Å². The third-order valence-electron chi connectivity index (χ3n) is 3.75. The lowest BCUT2D eigenvalue weighted by molar-refractivity contribution is -0.141. The van der Waals surface area contributed by atoms with Gasteiger partial charge in [-0.3, -0.25) is 4.79 Å². The Morgan fingerprint density at radius 1 is 1.25 bits per heavy atom. The summed E-state index contributed by atoms with van der Waals surface area (Å²) in [7, 11) is 3.78. The van der Waals surface area contributed by atoms with E-state index in [4.69, 9.17) is 10.5 Å². The number of nitrogens with two attached hydrogens (primary N) is 1. The molecule has 1 heterocycles. The Hall–Kier alpha value is -2.65. The number of carbonyl (C=O) groups excluding carboxylic acids is 1. The lowest BCUT2D eigenvalue weighted by atomic mass is 10.1. The monoisotopic (exact) mass is 396 g/mol. The van der Waals surface area contributed by atoms with Gasteiger partial charge >= 0.3 is 6.18 Å². The molecule has 0 bridgehead atoms. The molecule has 2 rings (SSSR count). The van der Waals surface area contributed by atoms with E-state index in [-0.39, 0.29) is 30.5 Å². The van der Waals surface area contributed by atoms with Crippen LogP contribution in [-0.4, -0.2) is 49.5 Å². The van der Waals surface area contributed by atoms with Gasteiger partial charge in [0.2, 0.25) is 5.88 Å². The van der Waals surface area contributed by atoms with E-state index in [1.54, 1.807) is 18.2 Å². The lowest BCUT2D eigenvalue weighted by Gasteiger charge is -2.13. The molecule has 0 spiro atoms. The van der Waals surface area contributed by atoms with Crippen molar-refractivity contribution in [1.82, 2.24) is 15.2 Å². The number of carbonyl (C=O) groups is 1. The molecule has 2 aromatic rings. The number of nitrogens with zero attached hydrogens (tertiary/aromatic N) is 2. The van der Waals surface area contributed by atoms with Crippen molar-refractivity contribution >= 4 is 5.91 Å². The van der Waals surface area contributed by atoms with Crippen LogP contribution in [0.5, 0.6) is 11.6 Å². The maximum absolute atomic E-state index is 13.1. The molecule has 0 saturated heterocycles. The van der Waals surface area contributed by atoms with Gasteiger partial charge in [-0.2, -0.15) is 13.2 Å². The third kappa shape index (κ3) is 6.50. The second kappa shape index (κ2) is 9.52. The summed E-state index contributed by atoms with van der Waals surface area (Å²) >= 11 is 0. The molecule has 0 aliphatic rings. The van der Waals surface area contributed by atoms with Crippen LogP contribution in [0.1, 0.15) is 21.6 Å². The molecule has 1 aromatic carbocycles. The van der Waals surface area contributed by atoms with E-state index in [1.165, 1.54) is 12.1 Å². The standard InChI is InChI=1S/C19H23F3N4O2/c1-26(2)9-8-24-18(27)14-4-3-5-15(12-14)28-17-11-13(6-7-23)10-16(25-17)19(20,21)22/h3-5,10-12H,6-9,23H2,1-2H3,(H,24,27). The summed E-state index contributed by atoms with van der Waals surface area (Å²) in [5.74, 6) is -0.289. The van der Waals surface area contributed by atoms with Crippen LogP contribution in [0.3, 0.4) is 0 Å². The highest BCUT2D eigenvalue weighted by Gasteiger charge is 2.33. The summed E-state index contributed by atoms with van der Waals surface area (Å²) in [5.41, 5.74) is 5.11. The van der Waals surface area contributed by atoms with E-state index in [2.05, 4.69) is 10.3 Å². The minimum absolute atomic E-state index is 0.198. The van der Waals surface area contributed by atoms with Gasteiger partial charge in [-0.1, -0.05) is 6.07 Å². The van der Waals surface area contributed by atoms with E-state index in [1.807, 2.05) is 19.0 Å². The molecular weight excluding hydrogens is 373 g/mol. The van der Waals surface area contributed by atoms with Crippen molar-refractivity contribution in [3.8, 4) is 11.6 Å². The minimum Gasteiger partial charge on any atom is -0.439 e. The van der Waals surface area contributed by atoms with Crippen molar-refractivity contribution in [1.29, 1.82) is 0 Å². The molecule has 0 saturated carbocycles. The zero-order valence-electron chi connectivity index (χ0n) is 15.7. The number of hydrogen-bond donors (Lipinski definition) is 2. The second-order valence-corrected chi connectivity index (χ2v) is 6.42. The van der Waals surface area contributed by atoms with E-state index in [0.717, 1.165) is 6.07 Å². The average molecular weight is 396 g/mol. The highest BCUT2D eigenvalue weighted by atomic mass is 19.4. The number of amides is 1. The van der Waals surface area contributed by atoms with Crippen molar-refractivity contribution in [2.45, 2.75) is 12.6 Å². The highest BCUT2D eigenvalue weighted by molar-refractivity contribution is 5.94. The van der Waals surface area contributed by atoms with Gasteiger partial charge in [0.25, 0.3) is 5.91 Å². The molecule has 0 atom stereocenters. The van der Waals surface area contributed by atoms with E-state index >= 15 is 0 Å². The topological polar surface area (TPSA) is 80.5 Å². The number of aromatic nitrogens is 1. The molecular formula is C19H23F3N4O2. The fraction of sp³-hybridized carbons (Fsp3) is 0.368. The van der Waals surface area contributed by atoms with Gasteiger partial charge < -0.3 is 20.7 Å². The maximum atomic E-state index is 13.1. The number of pyridine rings is 1. The fourth-order valence-electron chi connectivity index (χ4n) is 2.38. The third-order valence-corrected chi connectivity index (χ3v) is 3.75. The predicted molar refractivity (Wildman–Crippen MR) is 99.4 cm³/mol. The first kappa shape index (κ1) is 21.6. The van der Waals surface area contributed by atoms with Gasteiger partial charge in [-0.25, -0.2) is 4.98 Å². The first-order valence-corrected chi connectivity index (χ1v) is 8.68. The van der Waals surface area contributed by atoms with Gasteiger partial charge in [-0.05, 0) is 56.9 Å². The first-order chi connectivity index (χ1) is 13.2. The number of halogens is 3. The fourth-order valence-corrected chi connectivity index (χ4v) is 2.38. The van der Waals surface area contributed by atoms with Crippen LogP contribution in [0.15, 0.2) is 36.4 Å². The normalized spacial score (nSPS) is 11.5. The number of nitrogens with one attached hydrogen (secondary N) is 1. The molecule has 0 aliphatic heterocycles. The first-order valence-electron chi connectivity index (χ1n) is 8.68. The highest BCUT2D eigenvalue weighted by Crippen LogP contribution is 2.31. The van der Waals surface area contributed by atoms with Gasteiger partial charge in [0, 0.05) is 24.7 Å². The predicted octanol–water partition coefficient (Wildman–Crippen LogP) is 2.69. The van der Waals surface area contributed by atoms with Gasteiger partial charge in [0.15, 0.2) is 0 Å². The number of likely N-dealkylation sites (N-methyl/N-ethyl adjacent to an activating group) is 1. The molecule has 0 unspecified atom stereocenters. The molecule has 0 aliphatic carbocycles. The SMILES string of the molecule is CN(C)CCNC(=O)c1cccc(Oc2cc(CCN)cc(C(F)(F)F)n2)c1. The van der Waals surface area contributed by atoms with E-state index in [9.17, 15) is 18.0 Å². The summed E-state index contributed by atoms with van der Waals surface area (Å²) in [6.45, 7) is 1.35. The Morgan fingerprint density at radius 2 is 2.00 bits per heavy atom. The van der Waals surface area contributed by atoms with E-state index in [0.29, 0.717) is 24.2 Å². The summed E-state index contributed by atoms with van der Waals surface area (Å²) in [6.07, 6.45) is -4.34. The van der Waals surface area contributed by atoms with Crippen LogP contribution in [0.4, 0.5) is 13.2 Å². The summed E-state index contributed by atoms with van der Waals surface area (Å²) in [4.78, 5) is 17.7. The van der Waals surface area contributed by atoms with Crippen molar-refractivity contribution < 1.29 is 22.7 Å². The molecule has 6 nitrogen and oxygen atoms in total. The summed E-state index contributed by atoms with van der Waals surface area (Å²) in [6, 6.07) is 8.54. The Bertz CT molecular complexity index is 810. The molecule has 1 aromatic heterocycles. The molecule has 0 fully saturated rings. The Morgan fingerprint density at radius 3 is 2.64 bits per heavy atom. The zero-order chi connectivity index (χ0) is 20.7. The number of hydrogen-bond acceptors (Lipinski definition) is 5. The van der Waals surface area contributed by atoms with Crippen molar-refractivity contribution in [3.05, 3.63) is 53.2 Å². The number of rotatable bonds is 8. The molecule has 152 valence electrons. The van der Waals surface area contributed by atoms with Crippen LogP contribution in [0.2, 0.25) is 0 Å². The maximum Gasteiger partial charge on any atom is 0.433 e. The van der Waals surface area contributed by atoms with Gasteiger partial charge in [0.05, 0.1) is 0 Å². The average Bonchev–Trinajstić information content (AvgIpc) is 2.61. The quantitative estimate of drug-likeness (QED) is 0.717. The minimum atomic E-state index is -4.60. The molecule has 9 heteroatoms. The number of ether oxygens (including phenoxy) is 1. The molecule has 3 N–H and O–H groups in total. The zero-order valence-corrected chi connectivity index (χ0v) is 15.7. The molecule has 0 radical (unpaired) electrons. The summed E-state index contributed by atoms with van der Waals surface area (Å²) < 4.78 is 44.7. The van der Waals surface area contributed by atoms with Gasteiger partial charge in [0.1, 0.15) is 11.4 Å². The van der Waals surface area contributed by atoms with Crippen LogP contribution < -0.4 is 15.8 Å².